The molecule has 0 heterocycles. The number of aliphatic hydroxyl groups is 2. The van der Waals surface area contributed by atoms with Crippen molar-refractivity contribution in [1.82, 2.24) is 0 Å². The molecule has 4 nitrogen and oxygen atoms in total. The molecule has 6 atom stereocenters. The van der Waals surface area contributed by atoms with Gasteiger partial charge in [0, 0.05) is 11.8 Å². The van der Waals surface area contributed by atoms with Gasteiger partial charge in [-0.05, 0) is 75.5 Å². The number of carbonyl (C=O) groups is 1. The van der Waals surface area contributed by atoms with Gasteiger partial charge in [-0.25, -0.2) is 0 Å². The maximum atomic E-state index is 10.5. The number of rotatable bonds is 12. The highest BCUT2D eigenvalue weighted by molar-refractivity contribution is 9.08. The molecule has 1 aliphatic carbocycles. The highest BCUT2D eigenvalue weighted by Crippen LogP contribution is 2.43. The lowest BCUT2D eigenvalue weighted by Gasteiger charge is -2.20. The minimum Gasteiger partial charge on any atom is -0.481 e. The van der Waals surface area contributed by atoms with Crippen molar-refractivity contribution in [3.8, 4) is 0 Å². The van der Waals surface area contributed by atoms with Gasteiger partial charge in [0.05, 0.1) is 12.2 Å². The smallest absolute Gasteiger partial charge is 0.303 e. The van der Waals surface area contributed by atoms with Crippen LogP contribution in [0, 0.1) is 17.8 Å². The zero-order chi connectivity index (χ0) is 21.5. The second kappa shape index (κ2) is 16.4. The molecule has 0 aliphatic heterocycles. The van der Waals surface area contributed by atoms with Crippen molar-refractivity contribution >= 4 is 33.5 Å². The van der Waals surface area contributed by atoms with Crippen LogP contribution in [0.25, 0.3) is 0 Å². The molecule has 0 spiro atoms. The van der Waals surface area contributed by atoms with E-state index in [0.29, 0.717) is 37.0 Å². The molecule has 3 N–H and O–H groups in total. The van der Waals surface area contributed by atoms with E-state index in [1.807, 2.05) is 11.9 Å². The van der Waals surface area contributed by atoms with E-state index in [1.165, 1.54) is 0 Å². The summed E-state index contributed by atoms with van der Waals surface area (Å²) in [6.07, 6.45) is 13.1. The molecule has 0 aromatic rings. The van der Waals surface area contributed by atoms with Crippen LogP contribution >= 0.6 is 27.5 Å². The summed E-state index contributed by atoms with van der Waals surface area (Å²) in [5, 5.41) is 28.2. The second-order valence-electron chi connectivity index (χ2n) is 7.70. The fourth-order valence-corrected chi connectivity index (χ4v) is 4.26. The van der Waals surface area contributed by atoms with Crippen LogP contribution in [0.2, 0.25) is 0 Å². The number of hydrogen-bond acceptors (Lipinski definition) is 3. The van der Waals surface area contributed by atoms with Gasteiger partial charge in [0.2, 0.25) is 0 Å². The molecule has 0 aromatic heterocycles. The molecule has 1 saturated carbocycles. The van der Waals surface area contributed by atoms with Crippen molar-refractivity contribution < 1.29 is 20.1 Å². The fourth-order valence-electron chi connectivity index (χ4n) is 3.70. The zero-order valence-electron chi connectivity index (χ0n) is 17.4. The van der Waals surface area contributed by atoms with Crippen molar-refractivity contribution in [2.75, 3.05) is 5.83 Å². The van der Waals surface area contributed by atoms with Gasteiger partial charge in [-0.15, -0.1) is 11.6 Å². The molecule has 6 heteroatoms. The Kier molecular flexibility index (Phi) is 16.2. The summed E-state index contributed by atoms with van der Waals surface area (Å²) in [6, 6.07) is 0. The molecule has 0 aromatic carbocycles. The second-order valence-corrected chi connectivity index (χ2v) is 8.26. The third-order valence-electron chi connectivity index (χ3n) is 5.23. The lowest BCUT2D eigenvalue weighted by molar-refractivity contribution is -0.137. The van der Waals surface area contributed by atoms with Gasteiger partial charge in [-0.1, -0.05) is 47.2 Å². The fraction of sp³-hybridized carbons (Fsp3) is 0.773. The van der Waals surface area contributed by atoms with Crippen LogP contribution in [0.1, 0.15) is 65.2 Å². The van der Waals surface area contributed by atoms with Gasteiger partial charge in [-0.2, -0.15) is 0 Å². The Balaban J connectivity index is 0.00000352. The summed E-state index contributed by atoms with van der Waals surface area (Å²) < 4.78 is 0. The summed E-state index contributed by atoms with van der Waals surface area (Å²) >= 11 is 9.48. The van der Waals surface area contributed by atoms with Crippen molar-refractivity contribution in [3.05, 3.63) is 24.3 Å². The van der Waals surface area contributed by atoms with Crippen molar-refractivity contribution in [2.24, 2.45) is 17.8 Å². The molecule has 0 amide bonds. The van der Waals surface area contributed by atoms with Crippen molar-refractivity contribution in [3.63, 3.8) is 0 Å². The highest BCUT2D eigenvalue weighted by Gasteiger charge is 2.37. The van der Waals surface area contributed by atoms with E-state index in [-0.39, 0.29) is 17.9 Å². The summed E-state index contributed by atoms with van der Waals surface area (Å²) in [4.78, 5) is 10.5. The van der Waals surface area contributed by atoms with E-state index < -0.39 is 12.1 Å². The number of unbranched alkanes of at least 4 members (excludes halogenated alkanes) is 1. The first-order valence-electron chi connectivity index (χ1n) is 10.2. The molecule has 0 saturated heterocycles. The molecule has 164 valence electrons. The van der Waals surface area contributed by atoms with Crippen molar-refractivity contribution in [2.45, 2.75) is 82.8 Å². The first-order valence-corrected chi connectivity index (χ1v) is 12.3. The minimum atomic E-state index is -0.749. The van der Waals surface area contributed by atoms with E-state index in [4.69, 9.17) is 16.7 Å². The Morgan fingerprint density at radius 1 is 1.21 bits per heavy atom. The summed E-state index contributed by atoms with van der Waals surface area (Å²) in [5.41, 5.74) is 0. The molecule has 3 unspecified atom stereocenters. The number of hydrogen-bond donors (Lipinski definition) is 3. The quantitative estimate of drug-likeness (QED) is 0.194. The van der Waals surface area contributed by atoms with Crippen LogP contribution in [0.4, 0.5) is 0 Å². The maximum Gasteiger partial charge on any atom is 0.303 e. The summed E-state index contributed by atoms with van der Waals surface area (Å²) in [7, 11) is 0. The Hall–Kier alpha value is -0.360. The van der Waals surface area contributed by atoms with Gasteiger partial charge >= 0.3 is 5.97 Å². The first kappa shape index (κ1) is 27.6. The third kappa shape index (κ3) is 12.3. The van der Waals surface area contributed by atoms with Gasteiger partial charge in [-0.3, -0.25) is 4.79 Å². The molecule has 1 rings (SSSR count). The summed E-state index contributed by atoms with van der Waals surface area (Å²) in [6.45, 7) is 3.98. The monoisotopic (exact) mass is 480 g/mol. The molecule has 0 radical (unpaired) electrons. The first-order chi connectivity index (χ1) is 13.3. The van der Waals surface area contributed by atoms with Crippen LogP contribution in [-0.4, -0.2) is 44.7 Å². The lowest BCUT2D eigenvalue weighted by atomic mass is 9.87. The van der Waals surface area contributed by atoms with Gasteiger partial charge in [0.15, 0.2) is 0 Å². The zero-order valence-corrected chi connectivity index (χ0v) is 19.8. The molecular weight excluding hydrogens is 444 g/mol. The minimum absolute atomic E-state index is 0.135. The topological polar surface area (TPSA) is 77.8 Å². The van der Waals surface area contributed by atoms with Gasteiger partial charge < -0.3 is 15.3 Å². The number of halogens is 2. The predicted molar refractivity (Wildman–Crippen MR) is 121 cm³/mol. The Bertz CT molecular complexity index is 467. The number of alkyl halides is 2. The highest BCUT2D eigenvalue weighted by atomic mass is 79.9. The standard InChI is InChI=1S/C21H35ClO4.CH3Br/c1-15-14-20(22)19(10-5-3-4-6-11-21(25)26)18(15)13-12-17(24)9-7-8-16(2)23;1-2/h3,5,12-13,15-20,23-24H,4,6-11,14H2,1-2H3,(H,25,26);1H3/b5-3-,13-12+;/t15-,16?,17+,18?,19-,20?;/m1./s1. The van der Waals surface area contributed by atoms with Crippen LogP contribution in [0.15, 0.2) is 24.3 Å². The SMILES string of the molecule is CBr.CC(O)CCC[C@H](O)/C=C/C1[C@@H](C/C=C\CCCC(=O)O)C(Cl)C[C@H]1C. The number of aliphatic carboxylic acids is 1. The Labute approximate surface area is 184 Å². The van der Waals surface area contributed by atoms with Gasteiger partial charge in [0.25, 0.3) is 0 Å². The average molecular weight is 482 g/mol. The van der Waals surface area contributed by atoms with E-state index >= 15 is 0 Å². The number of aliphatic hydroxyl groups excluding tert-OH is 2. The largest absolute Gasteiger partial charge is 0.481 e. The van der Waals surface area contributed by atoms with E-state index in [9.17, 15) is 15.0 Å². The number of allylic oxidation sites excluding steroid dienone is 3. The molecule has 28 heavy (non-hydrogen) atoms. The van der Waals surface area contributed by atoms with Gasteiger partial charge in [0.1, 0.15) is 0 Å². The predicted octanol–water partition coefficient (Wildman–Crippen LogP) is 5.55. The Morgan fingerprint density at radius 2 is 1.89 bits per heavy atom. The normalized spacial score (nSPS) is 27.0. The van der Waals surface area contributed by atoms with Crippen molar-refractivity contribution in [1.29, 1.82) is 0 Å². The van der Waals surface area contributed by atoms with Crippen LogP contribution < -0.4 is 0 Å². The maximum absolute atomic E-state index is 10.5. The van der Waals surface area contributed by atoms with Crippen LogP contribution in [-0.2, 0) is 4.79 Å². The Morgan fingerprint density at radius 3 is 2.50 bits per heavy atom. The molecular formula is C22H38BrClO4. The summed E-state index contributed by atoms with van der Waals surface area (Å²) in [5.74, 6) is 2.26. The van der Waals surface area contributed by atoms with Crippen LogP contribution in [0.5, 0.6) is 0 Å². The lowest BCUT2D eigenvalue weighted by Crippen LogP contribution is -2.15. The number of carboxylic acids is 1. The number of carboxylic acid groups (broad SMARTS) is 1. The van der Waals surface area contributed by atoms with E-state index in [0.717, 1.165) is 25.7 Å². The molecule has 0 bridgehead atoms. The van der Waals surface area contributed by atoms with Crippen LogP contribution in [0.3, 0.4) is 0 Å². The van der Waals surface area contributed by atoms with E-state index in [2.05, 4.69) is 41.1 Å². The third-order valence-corrected chi connectivity index (χ3v) is 5.73. The molecule has 1 aliphatic rings. The average Bonchev–Trinajstić information content (AvgIpc) is 2.90. The van der Waals surface area contributed by atoms with E-state index in [1.54, 1.807) is 6.92 Å². The molecule has 1 fully saturated rings.